The third-order valence-electron chi connectivity index (χ3n) is 6.05. The van der Waals surface area contributed by atoms with E-state index < -0.39 is 29.5 Å². The van der Waals surface area contributed by atoms with Gasteiger partial charge in [-0.2, -0.15) is 0 Å². The van der Waals surface area contributed by atoms with Gasteiger partial charge in [0.25, 0.3) is 11.8 Å². The Morgan fingerprint density at radius 3 is 2.29 bits per heavy atom. The summed E-state index contributed by atoms with van der Waals surface area (Å²) in [5.41, 5.74) is 9.33. The van der Waals surface area contributed by atoms with Crippen molar-refractivity contribution in [1.82, 2.24) is 9.80 Å². The molecule has 0 aromatic rings. The molecule has 3 amide bonds. The zero-order valence-electron chi connectivity index (χ0n) is 17.1. The van der Waals surface area contributed by atoms with Crippen molar-refractivity contribution in [2.24, 2.45) is 17.4 Å². The molecule has 0 radical (unpaired) electrons. The van der Waals surface area contributed by atoms with Gasteiger partial charge in [0, 0.05) is 26.1 Å². The van der Waals surface area contributed by atoms with E-state index in [0.717, 1.165) is 19.3 Å². The SMILES string of the molecule is C[C@H](N)C(=O)N(C(=O)CCCC1CCCCC1)C(=O)C(O)(CN)N1CCCC1. The molecule has 1 heterocycles. The van der Waals surface area contributed by atoms with E-state index in [4.69, 9.17) is 11.5 Å². The first-order valence-electron chi connectivity index (χ1n) is 10.7. The van der Waals surface area contributed by atoms with Gasteiger partial charge in [0.05, 0.1) is 6.04 Å². The molecule has 1 saturated carbocycles. The van der Waals surface area contributed by atoms with E-state index in [0.29, 0.717) is 30.3 Å². The number of hydrogen-bond donors (Lipinski definition) is 3. The van der Waals surface area contributed by atoms with E-state index in [2.05, 4.69) is 0 Å². The van der Waals surface area contributed by atoms with Gasteiger partial charge < -0.3 is 16.6 Å². The Kier molecular flexibility index (Phi) is 8.55. The Balaban J connectivity index is 2.07. The maximum atomic E-state index is 13.1. The quantitative estimate of drug-likeness (QED) is 0.551. The van der Waals surface area contributed by atoms with E-state index in [1.807, 2.05) is 0 Å². The van der Waals surface area contributed by atoms with Crippen molar-refractivity contribution in [2.75, 3.05) is 19.6 Å². The lowest BCUT2D eigenvalue weighted by atomic mass is 9.86. The topological polar surface area (TPSA) is 130 Å². The highest BCUT2D eigenvalue weighted by molar-refractivity contribution is 6.14. The van der Waals surface area contributed by atoms with Gasteiger partial charge >= 0.3 is 0 Å². The van der Waals surface area contributed by atoms with Crippen molar-refractivity contribution in [3.63, 3.8) is 0 Å². The number of imide groups is 3. The number of likely N-dealkylation sites (tertiary alicyclic amines) is 1. The summed E-state index contributed by atoms with van der Waals surface area (Å²) < 4.78 is 0. The molecule has 2 rings (SSSR count). The van der Waals surface area contributed by atoms with Gasteiger partial charge in [-0.1, -0.05) is 32.1 Å². The zero-order chi connectivity index (χ0) is 20.7. The molecule has 5 N–H and O–H groups in total. The molecule has 1 aliphatic carbocycles. The minimum Gasteiger partial charge on any atom is -0.366 e. The van der Waals surface area contributed by atoms with Crippen LogP contribution in [0.2, 0.25) is 0 Å². The Morgan fingerprint density at radius 2 is 1.75 bits per heavy atom. The predicted octanol–water partition coefficient (Wildman–Crippen LogP) is 0.709. The molecule has 8 heteroatoms. The summed E-state index contributed by atoms with van der Waals surface area (Å²) in [6.07, 6.45) is 9.35. The van der Waals surface area contributed by atoms with Crippen LogP contribution in [-0.2, 0) is 14.4 Å². The molecule has 2 aliphatic rings. The third-order valence-corrected chi connectivity index (χ3v) is 6.05. The third kappa shape index (κ3) is 5.37. The summed E-state index contributed by atoms with van der Waals surface area (Å²) in [5, 5.41) is 10.9. The number of carbonyl (C=O) groups is 3. The van der Waals surface area contributed by atoms with Crippen LogP contribution in [0.25, 0.3) is 0 Å². The lowest BCUT2D eigenvalue weighted by Crippen LogP contribution is -2.66. The Labute approximate surface area is 167 Å². The molecule has 1 saturated heterocycles. The van der Waals surface area contributed by atoms with Crippen molar-refractivity contribution in [3.05, 3.63) is 0 Å². The lowest BCUT2D eigenvalue weighted by molar-refractivity contribution is -0.178. The van der Waals surface area contributed by atoms with Crippen molar-refractivity contribution in [1.29, 1.82) is 0 Å². The van der Waals surface area contributed by atoms with E-state index >= 15 is 0 Å². The molecular weight excluding hydrogens is 360 g/mol. The van der Waals surface area contributed by atoms with Crippen LogP contribution in [0.1, 0.15) is 71.1 Å². The van der Waals surface area contributed by atoms with Crippen LogP contribution in [0, 0.1) is 5.92 Å². The number of rotatable bonds is 8. The van der Waals surface area contributed by atoms with Gasteiger partial charge in [-0.15, -0.1) is 0 Å². The maximum absolute atomic E-state index is 13.1. The fraction of sp³-hybridized carbons (Fsp3) is 0.850. The molecule has 1 unspecified atom stereocenters. The lowest BCUT2D eigenvalue weighted by Gasteiger charge is -2.37. The molecule has 0 aromatic heterocycles. The first kappa shape index (κ1) is 22.9. The summed E-state index contributed by atoms with van der Waals surface area (Å²) in [6, 6.07) is -1.02. The second-order valence-electron chi connectivity index (χ2n) is 8.27. The molecule has 0 aromatic carbocycles. The summed E-state index contributed by atoms with van der Waals surface area (Å²) >= 11 is 0. The number of nitrogens with two attached hydrogens (primary N) is 2. The fourth-order valence-electron chi connectivity index (χ4n) is 4.29. The molecule has 0 spiro atoms. The summed E-state index contributed by atoms with van der Waals surface area (Å²) in [5.74, 6) is -1.75. The van der Waals surface area contributed by atoms with Crippen molar-refractivity contribution >= 4 is 17.7 Å². The standard InChI is InChI=1S/C20H36N4O4/c1-15(22)18(26)24(17(25)11-7-10-16-8-3-2-4-9-16)19(27)20(28,14-21)23-12-5-6-13-23/h15-16,28H,2-14,21-22H2,1H3/t15-,20?/m0/s1. The van der Waals surface area contributed by atoms with Gasteiger partial charge in [-0.3, -0.25) is 19.3 Å². The summed E-state index contributed by atoms with van der Waals surface area (Å²) in [6.45, 7) is 2.03. The maximum Gasteiger partial charge on any atom is 0.284 e. The molecule has 8 nitrogen and oxygen atoms in total. The van der Waals surface area contributed by atoms with Gasteiger partial charge in [0.2, 0.25) is 11.6 Å². The van der Waals surface area contributed by atoms with Gasteiger partial charge in [-0.25, -0.2) is 4.90 Å². The van der Waals surface area contributed by atoms with Gasteiger partial charge in [0.1, 0.15) is 0 Å². The fourth-order valence-corrected chi connectivity index (χ4v) is 4.29. The summed E-state index contributed by atoms with van der Waals surface area (Å²) in [7, 11) is 0. The first-order chi connectivity index (χ1) is 13.3. The van der Waals surface area contributed by atoms with Crippen LogP contribution in [0.15, 0.2) is 0 Å². The highest BCUT2D eigenvalue weighted by Gasteiger charge is 2.48. The molecule has 2 fully saturated rings. The van der Waals surface area contributed by atoms with Gasteiger partial charge in [-0.05, 0) is 38.5 Å². The number of nitrogens with zero attached hydrogens (tertiary/aromatic N) is 2. The van der Waals surface area contributed by atoms with Crippen LogP contribution in [0.3, 0.4) is 0 Å². The Hall–Kier alpha value is -1.35. The van der Waals surface area contributed by atoms with Crippen LogP contribution >= 0.6 is 0 Å². The van der Waals surface area contributed by atoms with Crippen LogP contribution < -0.4 is 11.5 Å². The highest BCUT2D eigenvalue weighted by Crippen LogP contribution is 2.28. The predicted molar refractivity (Wildman–Crippen MR) is 106 cm³/mol. The number of hydrogen-bond acceptors (Lipinski definition) is 7. The number of aliphatic hydroxyl groups is 1. The van der Waals surface area contributed by atoms with E-state index in [-0.39, 0.29) is 13.0 Å². The molecule has 0 bridgehead atoms. The number of carbonyl (C=O) groups excluding carboxylic acids is 3. The first-order valence-corrected chi connectivity index (χ1v) is 10.7. The smallest absolute Gasteiger partial charge is 0.284 e. The van der Waals surface area contributed by atoms with E-state index in [1.165, 1.54) is 39.0 Å². The highest BCUT2D eigenvalue weighted by atomic mass is 16.3. The van der Waals surface area contributed by atoms with E-state index in [1.54, 1.807) is 4.90 Å². The monoisotopic (exact) mass is 396 g/mol. The second-order valence-corrected chi connectivity index (χ2v) is 8.27. The molecule has 2 atom stereocenters. The van der Waals surface area contributed by atoms with Crippen molar-refractivity contribution < 1.29 is 19.5 Å². The number of amides is 3. The minimum absolute atomic E-state index is 0.0847. The summed E-state index contributed by atoms with van der Waals surface area (Å²) in [4.78, 5) is 40.6. The molecule has 1 aliphatic heterocycles. The normalized spacial score (nSPS) is 21.9. The molecule has 160 valence electrons. The second kappa shape index (κ2) is 10.4. The van der Waals surface area contributed by atoms with Gasteiger partial charge in [0.15, 0.2) is 0 Å². The molecule has 28 heavy (non-hydrogen) atoms. The largest absolute Gasteiger partial charge is 0.366 e. The van der Waals surface area contributed by atoms with Crippen LogP contribution in [0.4, 0.5) is 0 Å². The van der Waals surface area contributed by atoms with E-state index in [9.17, 15) is 19.5 Å². The Morgan fingerprint density at radius 1 is 1.14 bits per heavy atom. The average Bonchev–Trinajstić information content (AvgIpc) is 3.23. The average molecular weight is 397 g/mol. The molecular formula is C20H36N4O4. The van der Waals surface area contributed by atoms with Crippen LogP contribution in [-0.4, -0.2) is 64.0 Å². The van der Waals surface area contributed by atoms with Crippen LogP contribution in [0.5, 0.6) is 0 Å². The zero-order valence-corrected chi connectivity index (χ0v) is 17.1. The van der Waals surface area contributed by atoms with Crippen molar-refractivity contribution in [2.45, 2.75) is 82.9 Å². The minimum atomic E-state index is -2.06. The Bertz CT molecular complexity index is 556. The van der Waals surface area contributed by atoms with Crippen molar-refractivity contribution in [3.8, 4) is 0 Å².